The summed E-state index contributed by atoms with van der Waals surface area (Å²) >= 11 is 1.55. The van der Waals surface area contributed by atoms with Crippen molar-refractivity contribution in [2.45, 2.75) is 6.42 Å². The molecule has 0 unspecified atom stereocenters. The van der Waals surface area contributed by atoms with Crippen molar-refractivity contribution in [3.05, 3.63) is 46.9 Å². The highest BCUT2D eigenvalue weighted by molar-refractivity contribution is 7.20. The number of benzene rings is 1. The number of carbonyl (C=O) groups excluding carboxylic acids is 1. The highest BCUT2D eigenvalue weighted by Crippen LogP contribution is 2.25. The fourth-order valence-corrected chi connectivity index (χ4v) is 3.18. The predicted octanol–water partition coefficient (Wildman–Crippen LogP) is 2.55. The summed E-state index contributed by atoms with van der Waals surface area (Å²) in [6, 6.07) is 10.0. The van der Waals surface area contributed by atoms with Gasteiger partial charge in [0.05, 0.1) is 4.88 Å². The second-order valence-electron chi connectivity index (χ2n) is 4.65. The van der Waals surface area contributed by atoms with Gasteiger partial charge in [-0.1, -0.05) is 29.8 Å². The van der Waals surface area contributed by atoms with Crippen molar-refractivity contribution in [3.8, 4) is 0 Å². The van der Waals surface area contributed by atoms with Crippen LogP contribution in [0.3, 0.4) is 0 Å². The number of amides is 1. The molecule has 1 amide bonds. The van der Waals surface area contributed by atoms with Crippen LogP contribution >= 0.6 is 11.3 Å². The summed E-state index contributed by atoms with van der Waals surface area (Å²) in [6.45, 7) is 2.58. The van der Waals surface area contributed by atoms with E-state index in [1.807, 2.05) is 30.3 Å². The lowest BCUT2D eigenvalue weighted by Gasteiger charge is -2.14. The average Bonchev–Trinajstić information content (AvgIpc) is 2.90. The molecule has 2 N–H and O–H groups in total. The van der Waals surface area contributed by atoms with Gasteiger partial charge in [-0.2, -0.15) is 0 Å². The van der Waals surface area contributed by atoms with Gasteiger partial charge >= 0.3 is 0 Å². The molecule has 0 atom stereocenters. The third kappa shape index (κ3) is 2.85. The van der Waals surface area contributed by atoms with Crippen molar-refractivity contribution in [2.24, 2.45) is 0 Å². The van der Waals surface area contributed by atoms with Crippen LogP contribution in [0.2, 0.25) is 0 Å². The molecule has 0 radical (unpaired) electrons. The van der Waals surface area contributed by atoms with E-state index in [1.165, 1.54) is 5.57 Å². The van der Waals surface area contributed by atoms with Crippen LogP contribution in [-0.2, 0) is 0 Å². The van der Waals surface area contributed by atoms with E-state index < -0.39 is 0 Å². The molecule has 2 aromatic rings. The molecule has 0 saturated heterocycles. The highest BCUT2D eigenvalue weighted by Gasteiger charge is 2.10. The van der Waals surface area contributed by atoms with E-state index in [1.54, 1.807) is 11.3 Å². The van der Waals surface area contributed by atoms with Gasteiger partial charge in [-0.15, -0.1) is 11.3 Å². The van der Waals surface area contributed by atoms with Crippen molar-refractivity contribution >= 4 is 27.3 Å². The molecule has 4 heteroatoms. The summed E-state index contributed by atoms with van der Waals surface area (Å²) < 4.78 is 1.16. The van der Waals surface area contributed by atoms with E-state index in [4.69, 9.17) is 0 Å². The summed E-state index contributed by atoms with van der Waals surface area (Å²) in [5.74, 6) is 0.0284. The van der Waals surface area contributed by atoms with Gasteiger partial charge in [0, 0.05) is 17.8 Å². The van der Waals surface area contributed by atoms with Gasteiger partial charge < -0.3 is 10.6 Å². The molecule has 19 heavy (non-hydrogen) atoms. The first-order valence-corrected chi connectivity index (χ1v) is 7.30. The Hall–Kier alpha value is -1.65. The van der Waals surface area contributed by atoms with Crippen molar-refractivity contribution in [3.63, 3.8) is 0 Å². The number of thiophene rings is 1. The van der Waals surface area contributed by atoms with E-state index >= 15 is 0 Å². The number of carbonyl (C=O) groups is 1. The maximum atomic E-state index is 12.1. The molecule has 3 rings (SSSR count). The van der Waals surface area contributed by atoms with Crippen molar-refractivity contribution < 1.29 is 4.79 Å². The lowest BCUT2D eigenvalue weighted by Crippen LogP contribution is -2.29. The van der Waals surface area contributed by atoms with Crippen LogP contribution < -0.4 is 10.6 Å². The van der Waals surface area contributed by atoms with Gasteiger partial charge in [0.1, 0.15) is 0 Å². The summed E-state index contributed by atoms with van der Waals surface area (Å²) in [6.07, 6.45) is 3.18. The number of hydrogen-bond acceptors (Lipinski definition) is 3. The van der Waals surface area contributed by atoms with Crippen LogP contribution in [0.5, 0.6) is 0 Å². The minimum atomic E-state index is 0.0284. The third-order valence-corrected chi connectivity index (χ3v) is 4.40. The zero-order valence-electron chi connectivity index (χ0n) is 10.6. The van der Waals surface area contributed by atoms with Gasteiger partial charge in [0.15, 0.2) is 0 Å². The fourth-order valence-electron chi connectivity index (χ4n) is 2.20. The Morgan fingerprint density at radius 3 is 3.05 bits per heavy atom. The maximum absolute atomic E-state index is 12.1. The van der Waals surface area contributed by atoms with E-state index in [-0.39, 0.29) is 5.91 Å². The number of hydrogen-bond donors (Lipinski definition) is 2. The highest BCUT2D eigenvalue weighted by atomic mass is 32.1. The molecule has 1 aliphatic rings. The first-order chi connectivity index (χ1) is 9.33. The summed E-state index contributed by atoms with van der Waals surface area (Å²) in [5.41, 5.74) is 1.31. The molecule has 1 aromatic heterocycles. The number of nitrogens with one attached hydrogen (secondary N) is 2. The minimum Gasteiger partial charge on any atom is -0.348 e. The Kier molecular flexibility index (Phi) is 3.62. The Bertz CT molecular complexity index is 597. The SMILES string of the molecule is O=C(NCC1=CCNCC1)c1cc2ccccc2s1. The lowest BCUT2D eigenvalue weighted by molar-refractivity contribution is 0.0960. The van der Waals surface area contributed by atoms with Gasteiger partial charge in [-0.25, -0.2) is 0 Å². The van der Waals surface area contributed by atoms with Gasteiger partial charge in [0.25, 0.3) is 5.91 Å². The summed E-state index contributed by atoms with van der Waals surface area (Å²) in [4.78, 5) is 12.9. The summed E-state index contributed by atoms with van der Waals surface area (Å²) in [5, 5.41) is 7.41. The smallest absolute Gasteiger partial charge is 0.261 e. The van der Waals surface area contributed by atoms with Crippen LogP contribution in [0.1, 0.15) is 16.1 Å². The van der Waals surface area contributed by atoms with Gasteiger partial charge in [0.2, 0.25) is 0 Å². The maximum Gasteiger partial charge on any atom is 0.261 e. The molecule has 0 aliphatic carbocycles. The van der Waals surface area contributed by atoms with Crippen LogP contribution in [-0.4, -0.2) is 25.5 Å². The van der Waals surface area contributed by atoms with E-state index in [0.717, 1.165) is 34.5 Å². The largest absolute Gasteiger partial charge is 0.348 e. The normalized spacial score (nSPS) is 15.3. The standard InChI is InChI=1S/C15H16N2OS/c18-15(17-10-11-5-7-16-8-6-11)14-9-12-3-1-2-4-13(12)19-14/h1-5,9,16H,6-8,10H2,(H,17,18). The van der Waals surface area contributed by atoms with Crippen molar-refractivity contribution in [2.75, 3.05) is 19.6 Å². The Labute approximate surface area is 116 Å². The Morgan fingerprint density at radius 1 is 1.37 bits per heavy atom. The second-order valence-corrected chi connectivity index (χ2v) is 5.73. The number of fused-ring (bicyclic) bond motifs is 1. The molecule has 0 saturated carbocycles. The van der Waals surface area contributed by atoms with Gasteiger partial charge in [-0.05, 0) is 30.5 Å². The van der Waals surface area contributed by atoms with Crippen LogP contribution in [0.15, 0.2) is 42.0 Å². The van der Waals surface area contributed by atoms with Crippen LogP contribution in [0.4, 0.5) is 0 Å². The zero-order valence-corrected chi connectivity index (χ0v) is 11.4. The van der Waals surface area contributed by atoms with E-state index in [2.05, 4.69) is 16.7 Å². The molecule has 1 aromatic carbocycles. The molecule has 98 valence electrons. The Morgan fingerprint density at radius 2 is 2.26 bits per heavy atom. The van der Waals surface area contributed by atoms with Crippen LogP contribution in [0, 0.1) is 0 Å². The second kappa shape index (κ2) is 5.55. The molecule has 1 aliphatic heterocycles. The van der Waals surface area contributed by atoms with Gasteiger partial charge in [-0.3, -0.25) is 4.79 Å². The Balaban J connectivity index is 1.68. The van der Waals surface area contributed by atoms with Crippen LogP contribution in [0.25, 0.3) is 10.1 Å². The molecule has 0 spiro atoms. The van der Waals surface area contributed by atoms with Crippen molar-refractivity contribution in [1.82, 2.24) is 10.6 Å². The first-order valence-electron chi connectivity index (χ1n) is 6.48. The fraction of sp³-hybridized carbons (Fsp3) is 0.267. The molecular weight excluding hydrogens is 256 g/mol. The monoisotopic (exact) mass is 272 g/mol. The summed E-state index contributed by atoms with van der Waals surface area (Å²) in [7, 11) is 0. The quantitative estimate of drug-likeness (QED) is 0.843. The molecule has 2 heterocycles. The average molecular weight is 272 g/mol. The lowest BCUT2D eigenvalue weighted by atomic mass is 10.1. The molecular formula is C15H16N2OS. The topological polar surface area (TPSA) is 41.1 Å². The first kappa shape index (κ1) is 12.4. The zero-order chi connectivity index (χ0) is 13.1. The van der Waals surface area contributed by atoms with E-state index in [9.17, 15) is 4.79 Å². The molecule has 3 nitrogen and oxygen atoms in total. The molecule has 0 fully saturated rings. The van der Waals surface area contributed by atoms with Crippen molar-refractivity contribution in [1.29, 1.82) is 0 Å². The number of rotatable bonds is 3. The predicted molar refractivity (Wildman–Crippen MR) is 79.7 cm³/mol. The third-order valence-electron chi connectivity index (χ3n) is 3.28. The minimum absolute atomic E-state index is 0.0284. The molecule has 0 bridgehead atoms. The van der Waals surface area contributed by atoms with E-state index in [0.29, 0.717) is 6.54 Å².